The van der Waals surface area contributed by atoms with Crippen molar-refractivity contribution in [2.24, 2.45) is 4.99 Å². The van der Waals surface area contributed by atoms with Crippen molar-refractivity contribution in [3.8, 4) is 0 Å². The summed E-state index contributed by atoms with van der Waals surface area (Å²) in [4.78, 5) is 13.5. The molecule has 2 heteroatoms. The topological polar surface area (TPSA) is 29.4 Å². The minimum atomic E-state index is 0.170. The van der Waals surface area contributed by atoms with Gasteiger partial charge in [0, 0.05) is 0 Å². The number of hydrogen-bond donors (Lipinski definition) is 0. The molecule has 0 aliphatic rings. The number of isocyanates is 1. The number of carbonyl (C=O) groups excluding carboxylic acids is 1. The molecule has 0 aromatic carbocycles. The van der Waals surface area contributed by atoms with Gasteiger partial charge in [0.2, 0.25) is 6.08 Å². The Bertz CT molecular complexity index is 139. The van der Waals surface area contributed by atoms with E-state index in [1.807, 2.05) is 6.92 Å². The van der Waals surface area contributed by atoms with E-state index in [0.29, 0.717) is 0 Å². The Balaban J connectivity index is 3.13. The molecule has 0 amide bonds. The molecule has 0 saturated carbocycles. The first-order valence-corrected chi connectivity index (χ1v) is 4.88. The first-order chi connectivity index (χ1) is 5.81. The van der Waals surface area contributed by atoms with Crippen LogP contribution in [0, 0.1) is 0 Å². The van der Waals surface area contributed by atoms with Crippen LogP contribution in [0.5, 0.6) is 0 Å². The number of unbranched alkanes of at least 4 members (excludes halogenated alkanes) is 4. The van der Waals surface area contributed by atoms with Crippen molar-refractivity contribution in [1.29, 1.82) is 0 Å². The number of nitrogens with zero attached hydrogens (tertiary/aromatic N) is 1. The molecule has 0 unspecified atom stereocenters. The third-order valence-corrected chi connectivity index (χ3v) is 2.00. The molecule has 70 valence electrons. The Morgan fingerprint density at radius 1 is 1.25 bits per heavy atom. The molecule has 12 heavy (non-hydrogen) atoms. The second-order valence-corrected chi connectivity index (χ2v) is 3.27. The van der Waals surface area contributed by atoms with E-state index in [4.69, 9.17) is 0 Å². The molecule has 0 radical (unpaired) electrons. The van der Waals surface area contributed by atoms with Crippen molar-refractivity contribution in [3.05, 3.63) is 0 Å². The summed E-state index contributed by atoms with van der Waals surface area (Å²) in [5.74, 6) is 0. The molecule has 1 atom stereocenters. The van der Waals surface area contributed by atoms with Gasteiger partial charge in [0.25, 0.3) is 0 Å². The van der Waals surface area contributed by atoms with Gasteiger partial charge in [-0.2, -0.15) is 0 Å². The molecule has 0 rings (SSSR count). The predicted octanol–water partition coefficient (Wildman–Crippen LogP) is 3.07. The van der Waals surface area contributed by atoms with E-state index in [9.17, 15) is 4.79 Å². The maximum absolute atomic E-state index is 9.86. The highest BCUT2D eigenvalue weighted by Crippen LogP contribution is 2.08. The second kappa shape index (κ2) is 8.48. The maximum Gasteiger partial charge on any atom is 0.235 e. The van der Waals surface area contributed by atoms with Gasteiger partial charge in [0.15, 0.2) is 0 Å². The molecular weight excluding hydrogens is 150 g/mol. The predicted molar refractivity (Wildman–Crippen MR) is 51.0 cm³/mol. The highest BCUT2D eigenvalue weighted by molar-refractivity contribution is 5.33. The second-order valence-electron chi connectivity index (χ2n) is 3.27. The van der Waals surface area contributed by atoms with E-state index in [1.165, 1.54) is 32.1 Å². The fraction of sp³-hybridized carbons (Fsp3) is 0.900. The van der Waals surface area contributed by atoms with Crippen LogP contribution in [0.2, 0.25) is 0 Å². The highest BCUT2D eigenvalue weighted by atomic mass is 16.1. The molecule has 0 N–H and O–H groups in total. The van der Waals surface area contributed by atoms with Gasteiger partial charge >= 0.3 is 0 Å². The van der Waals surface area contributed by atoms with Crippen LogP contribution in [0.3, 0.4) is 0 Å². The monoisotopic (exact) mass is 169 g/mol. The SMILES string of the molecule is CCCCCCC[C@H](C)N=C=O. The van der Waals surface area contributed by atoms with Crippen molar-refractivity contribution in [2.75, 3.05) is 0 Å². The zero-order valence-electron chi connectivity index (χ0n) is 8.18. The van der Waals surface area contributed by atoms with E-state index in [0.717, 1.165) is 6.42 Å². The third-order valence-electron chi connectivity index (χ3n) is 2.00. The molecule has 0 saturated heterocycles. The molecule has 0 aliphatic heterocycles. The summed E-state index contributed by atoms with van der Waals surface area (Å²) in [6.45, 7) is 4.17. The third kappa shape index (κ3) is 7.49. The van der Waals surface area contributed by atoms with Gasteiger partial charge in [0.05, 0.1) is 6.04 Å². The van der Waals surface area contributed by atoms with Crippen molar-refractivity contribution < 1.29 is 4.79 Å². The summed E-state index contributed by atoms with van der Waals surface area (Å²) < 4.78 is 0. The largest absolute Gasteiger partial charge is 0.235 e. The fourth-order valence-electron chi connectivity index (χ4n) is 1.20. The molecule has 0 aliphatic carbocycles. The highest BCUT2D eigenvalue weighted by Gasteiger charge is 1.97. The average Bonchev–Trinajstić information content (AvgIpc) is 2.05. The summed E-state index contributed by atoms with van der Waals surface area (Å²) in [6.07, 6.45) is 9.00. The molecule has 0 fully saturated rings. The molecule has 2 nitrogen and oxygen atoms in total. The molecule has 0 bridgehead atoms. The minimum absolute atomic E-state index is 0.170. The van der Waals surface area contributed by atoms with E-state index < -0.39 is 0 Å². The van der Waals surface area contributed by atoms with Crippen molar-refractivity contribution in [1.82, 2.24) is 0 Å². The minimum Gasteiger partial charge on any atom is -0.211 e. The first kappa shape index (κ1) is 11.4. The van der Waals surface area contributed by atoms with Crippen LogP contribution < -0.4 is 0 Å². The van der Waals surface area contributed by atoms with Crippen LogP contribution >= 0.6 is 0 Å². The van der Waals surface area contributed by atoms with Gasteiger partial charge in [-0.05, 0) is 13.3 Å². The summed E-state index contributed by atoms with van der Waals surface area (Å²) in [5, 5.41) is 0. The fourth-order valence-corrected chi connectivity index (χ4v) is 1.20. The lowest BCUT2D eigenvalue weighted by Crippen LogP contribution is -1.96. The van der Waals surface area contributed by atoms with Crippen LogP contribution in [-0.2, 0) is 4.79 Å². The van der Waals surface area contributed by atoms with Gasteiger partial charge in [-0.1, -0.05) is 39.0 Å². The Hall–Kier alpha value is -0.620. The Labute approximate surface area is 75.1 Å². The van der Waals surface area contributed by atoms with Crippen LogP contribution in [0.4, 0.5) is 0 Å². The van der Waals surface area contributed by atoms with Crippen LogP contribution in [-0.4, -0.2) is 12.1 Å². The normalized spacial score (nSPS) is 12.2. The van der Waals surface area contributed by atoms with Gasteiger partial charge in [-0.3, -0.25) is 0 Å². The van der Waals surface area contributed by atoms with Gasteiger partial charge in [-0.15, -0.1) is 0 Å². The summed E-state index contributed by atoms with van der Waals surface area (Å²) >= 11 is 0. The average molecular weight is 169 g/mol. The molecule has 0 aromatic heterocycles. The van der Waals surface area contributed by atoms with E-state index in [-0.39, 0.29) is 6.04 Å². The zero-order chi connectivity index (χ0) is 9.23. The van der Waals surface area contributed by atoms with Crippen LogP contribution in [0.25, 0.3) is 0 Å². The molecule has 0 heterocycles. The van der Waals surface area contributed by atoms with Crippen molar-refractivity contribution in [3.63, 3.8) is 0 Å². The lowest BCUT2D eigenvalue weighted by Gasteiger charge is -2.02. The van der Waals surface area contributed by atoms with Crippen LogP contribution in [0.15, 0.2) is 4.99 Å². The number of rotatable bonds is 7. The van der Waals surface area contributed by atoms with E-state index in [2.05, 4.69) is 11.9 Å². The lowest BCUT2D eigenvalue weighted by molar-refractivity contribution is 0.541. The first-order valence-electron chi connectivity index (χ1n) is 4.88. The maximum atomic E-state index is 9.86. The van der Waals surface area contributed by atoms with E-state index >= 15 is 0 Å². The number of aliphatic imine (C=N–C) groups is 1. The Morgan fingerprint density at radius 2 is 1.92 bits per heavy atom. The molecule has 0 aromatic rings. The smallest absolute Gasteiger partial charge is 0.211 e. The quantitative estimate of drug-likeness (QED) is 0.327. The summed E-state index contributed by atoms with van der Waals surface area (Å²) in [7, 11) is 0. The van der Waals surface area contributed by atoms with Gasteiger partial charge < -0.3 is 0 Å². The molecule has 0 spiro atoms. The van der Waals surface area contributed by atoms with Crippen LogP contribution in [0.1, 0.15) is 52.4 Å². The molecular formula is C10H19NO. The summed E-state index contributed by atoms with van der Waals surface area (Å²) in [6, 6.07) is 0.170. The Morgan fingerprint density at radius 3 is 2.50 bits per heavy atom. The zero-order valence-corrected chi connectivity index (χ0v) is 8.18. The standard InChI is InChI=1S/C10H19NO/c1-3-4-5-6-7-8-10(2)11-9-12/h10H,3-8H2,1-2H3/t10-/m0/s1. The van der Waals surface area contributed by atoms with Crippen molar-refractivity contribution in [2.45, 2.75) is 58.4 Å². The van der Waals surface area contributed by atoms with Crippen molar-refractivity contribution >= 4 is 6.08 Å². The van der Waals surface area contributed by atoms with E-state index in [1.54, 1.807) is 6.08 Å². The summed E-state index contributed by atoms with van der Waals surface area (Å²) in [5.41, 5.74) is 0. The number of hydrogen-bond acceptors (Lipinski definition) is 2. The van der Waals surface area contributed by atoms with Gasteiger partial charge in [0.1, 0.15) is 0 Å². The lowest BCUT2D eigenvalue weighted by atomic mass is 10.1. The Kier molecular flexibility index (Phi) is 8.04. The van der Waals surface area contributed by atoms with Gasteiger partial charge in [-0.25, -0.2) is 9.79 Å².